The standard InChI is InChI=1S/C13H9ClNO/c14-11-6-8-12(9-7-11)15-13(16)10-4-2-1-3-5-10/h1-4,6-9H,(H,15,16). The number of benzene rings is 2. The first-order valence-corrected chi connectivity index (χ1v) is 5.17. The van der Waals surface area contributed by atoms with Crippen LogP contribution in [0.3, 0.4) is 0 Å². The Bertz CT molecular complexity index is 479. The van der Waals surface area contributed by atoms with E-state index in [0.717, 1.165) is 0 Å². The molecule has 79 valence electrons. The third kappa shape index (κ3) is 2.61. The molecule has 2 rings (SSSR count). The monoisotopic (exact) mass is 230 g/mol. The van der Waals surface area contributed by atoms with E-state index in [1.807, 2.05) is 6.07 Å². The molecule has 1 radical (unpaired) electrons. The van der Waals surface area contributed by atoms with Crippen molar-refractivity contribution in [1.29, 1.82) is 0 Å². The fourth-order valence-electron chi connectivity index (χ4n) is 1.27. The number of amides is 1. The molecule has 3 heteroatoms. The van der Waals surface area contributed by atoms with Gasteiger partial charge in [-0.05, 0) is 36.4 Å². The Labute approximate surface area is 98.9 Å². The molecule has 0 saturated carbocycles. The first-order chi connectivity index (χ1) is 7.75. The molecule has 0 saturated heterocycles. The second-order valence-corrected chi connectivity index (χ2v) is 3.67. The van der Waals surface area contributed by atoms with Crippen molar-refractivity contribution in [3.63, 3.8) is 0 Å². The Kier molecular flexibility index (Phi) is 3.22. The second kappa shape index (κ2) is 4.81. The number of rotatable bonds is 2. The Balaban J connectivity index is 2.11. The van der Waals surface area contributed by atoms with Crippen LogP contribution in [0.2, 0.25) is 5.02 Å². The fourth-order valence-corrected chi connectivity index (χ4v) is 1.39. The molecule has 1 N–H and O–H groups in total. The zero-order chi connectivity index (χ0) is 11.4. The van der Waals surface area contributed by atoms with Crippen molar-refractivity contribution in [2.24, 2.45) is 0 Å². The van der Waals surface area contributed by atoms with E-state index in [0.29, 0.717) is 16.3 Å². The third-order valence-corrected chi connectivity index (χ3v) is 2.31. The number of anilines is 1. The van der Waals surface area contributed by atoms with Crippen LogP contribution in [0.4, 0.5) is 5.69 Å². The van der Waals surface area contributed by atoms with E-state index in [1.54, 1.807) is 42.5 Å². The molecule has 0 aromatic heterocycles. The van der Waals surface area contributed by atoms with Crippen molar-refractivity contribution >= 4 is 23.2 Å². The van der Waals surface area contributed by atoms with Crippen molar-refractivity contribution in [3.8, 4) is 0 Å². The molecule has 0 atom stereocenters. The van der Waals surface area contributed by atoms with Gasteiger partial charge in [-0.2, -0.15) is 0 Å². The topological polar surface area (TPSA) is 29.1 Å². The van der Waals surface area contributed by atoms with Gasteiger partial charge in [-0.25, -0.2) is 0 Å². The van der Waals surface area contributed by atoms with Crippen molar-refractivity contribution < 1.29 is 4.79 Å². The van der Waals surface area contributed by atoms with Crippen LogP contribution < -0.4 is 5.32 Å². The van der Waals surface area contributed by atoms with Gasteiger partial charge < -0.3 is 5.32 Å². The van der Waals surface area contributed by atoms with E-state index in [2.05, 4.69) is 11.4 Å². The molecule has 16 heavy (non-hydrogen) atoms. The molecule has 0 bridgehead atoms. The predicted octanol–water partition coefficient (Wildman–Crippen LogP) is 3.39. The van der Waals surface area contributed by atoms with E-state index in [-0.39, 0.29) is 5.91 Å². The Morgan fingerprint density at radius 3 is 2.50 bits per heavy atom. The lowest BCUT2D eigenvalue weighted by atomic mass is 10.2. The largest absolute Gasteiger partial charge is 0.322 e. The van der Waals surface area contributed by atoms with E-state index >= 15 is 0 Å². The van der Waals surface area contributed by atoms with E-state index in [1.165, 1.54) is 0 Å². The highest BCUT2D eigenvalue weighted by Gasteiger charge is 2.04. The van der Waals surface area contributed by atoms with Gasteiger partial charge in [-0.3, -0.25) is 4.79 Å². The molecule has 2 aromatic rings. The minimum Gasteiger partial charge on any atom is -0.322 e. The van der Waals surface area contributed by atoms with Crippen molar-refractivity contribution in [3.05, 3.63) is 65.2 Å². The molecule has 0 unspecified atom stereocenters. The minimum atomic E-state index is -0.178. The van der Waals surface area contributed by atoms with Gasteiger partial charge in [0.25, 0.3) is 5.91 Å². The van der Waals surface area contributed by atoms with Gasteiger partial charge in [0.15, 0.2) is 0 Å². The average Bonchev–Trinajstić information content (AvgIpc) is 2.33. The van der Waals surface area contributed by atoms with E-state index in [9.17, 15) is 4.79 Å². The summed E-state index contributed by atoms with van der Waals surface area (Å²) < 4.78 is 0. The van der Waals surface area contributed by atoms with Crippen LogP contribution >= 0.6 is 11.6 Å². The van der Waals surface area contributed by atoms with Crippen LogP contribution in [0, 0.1) is 6.07 Å². The summed E-state index contributed by atoms with van der Waals surface area (Å²) in [5, 5.41) is 3.40. The highest BCUT2D eigenvalue weighted by atomic mass is 35.5. The SMILES string of the molecule is O=C(Nc1ccc(Cl)cc1)c1[c]cccc1. The summed E-state index contributed by atoms with van der Waals surface area (Å²) in [5.41, 5.74) is 1.23. The van der Waals surface area contributed by atoms with Gasteiger partial charge in [-0.15, -0.1) is 0 Å². The Morgan fingerprint density at radius 2 is 1.88 bits per heavy atom. The van der Waals surface area contributed by atoms with E-state index in [4.69, 9.17) is 11.6 Å². The Morgan fingerprint density at radius 1 is 1.12 bits per heavy atom. The lowest BCUT2D eigenvalue weighted by molar-refractivity contribution is 0.102. The molecule has 0 spiro atoms. The molecule has 2 nitrogen and oxygen atoms in total. The molecule has 1 amide bonds. The van der Waals surface area contributed by atoms with Gasteiger partial charge in [0, 0.05) is 16.3 Å². The predicted molar refractivity (Wildman–Crippen MR) is 64.7 cm³/mol. The molecule has 0 aliphatic carbocycles. The summed E-state index contributed by atoms with van der Waals surface area (Å²) in [4.78, 5) is 11.7. The van der Waals surface area contributed by atoms with Gasteiger partial charge >= 0.3 is 0 Å². The fraction of sp³-hybridized carbons (Fsp3) is 0. The van der Waals surface area contributed by atoms with Crippen LogP contribution in [0.25, 0.3) is 0 Å². The number of nitrogens with one attached hydrogen (secondary N) is 1. The maximum atomic E-state index is 11.7. The van der Waals surface area contributed by atoms with Crippen molar-refractivity contribution in [2.45, 2.75) is 0 Å². The van der Waals surface area contributed by atoms with Gasteiger partial charge in [-0.1, -0.05) is 29.8 Å². The number of carbonyl (C=O) groups excluding carboxylic acids is 1. The molecule has 0 aliphatic heterocycles. The smallest absolute Gasteiger partial charge is 0.256 e. The van der Waals surface area contributed by atoms with Crippen LogP contribution in [0.15, 0.2) is 48.5 Å². The summed E-state index contributed by atoms with van der Waals surface area (Å²) in [6.45, 7) is 0. The van der Waals surface area contributed by atoms with Crippen molar-refractivity contribution in [2.75, 3.05) is 5.32 Å². The summed E-state index contributed by atoms with van der Waals surface area (Å²) in [5.74, 6) is -0.178. The first-order valence-electron chi connectivity index (χ1n) is 4.79. The zero-order valence-corrected chi connectivity index (χ0v) is 9.16. The number of hydrogen-bond acceptors (Lipinski definition) is 1. The molecule has 0 aliphatic rings. The lowest BCUT2D eigenvalue weighted by Crippen LogP contribution is -2.11. The molecular weight excluding hydrogens is 222 g/mol. The van der Waals surface area contributed by atoms with Crippen LogP contribution in [-0.4, -0.2) is 5.91 Å². The molecule has 0 heterocycles. The summed E-state index contributed by atoms with van der Waals surface area (Å²) in [6, 6.07) is 16.9. The maximum Gasteiger partial charge on any atom is 0.256 e. The lowest BCUT2D eigenvalue weighted by Gasteiger charge is -2.04. The van der Waals surface area contributed by atoms with Gasteiger partial charge in [0.1, 0.15) is 0 Å². The van der Waals surface area contributed by atoms with Gasteiger partial charge in [0.2, 0.25) is 0 Å². The molecule has 2 aromatic carbocycles. The molecular formula is C13H9ClNO. The normalized spacial score (nSPS) is 9.81. The minimum absolute atomic E-state index is 0.178. The number of halogens is 1. The maximum absolute atomic E-state index is 11.7. The summed E-state index contributed by atoms with van der Waals surface area (Å²) in [6.07, 6.45) is 0. The second-order valence-electron chi connectivity index (χ2n) is 3.24. The Hall–Kier alpha value is -1.80. The highest BCUT2D eigenvalue weighted by Crippen LogP contribution is 2.14. The van der Waals surface area contributed by atoms with E-state index < -0.39 is 0 Å². The third-order valence-electron chi connectivity index (χ3n) is 2.06. The molecule has 0 fully saturated rings. The van der Waals surface area contributed by atoms with Gasteiger partial charge in [0.05, 0.1) is 0 Å². The average molecular weight is 231 g/mol. The van der Waals surface area contributed by atoms with Crippen LogP contribution in [0.5, 0.6) is 0 Å². The van der Waals surface area contributed by atoms with Crippen LogP contribution in [-0.2, 0) is 0 Å². The van der Waals surface area contributed by atoms with Crippen LogP contribution in [0.1, 0.15) is 10.4 Å². The highest BCUT2D eigenvalue weighted by molar-refractivity contribution is 6.30. The summed E-state index contributed by atoms with van der Waals surface area (Å²) >= 11 is 5.75. The number of carbonyl (C=O) groups is 1. The van der Waals surface area contributed by atoms with Crippen molar-refractivity contribution in [1.82, 2.24) is 0 Å². The number of hydrogen-bond donors (Lipinski definition) is 1. The summed E-state index contributed by atoms with van der Waals surface area (Å²) in [7, 11) is 0. The first kappa shape index (κ1) is 10.7. The quantitative estimate of drug-likeness (QED) is 0.842. The zero-order valence-electron chi connectivity index (χ0n) is 8.41.